The first kappa shape index (κ1) is 15.8. The Morgan fingerprint density at radius 2 is 2.11 bits per heavy atom. The molecule has 2 amide bonds. The van der Waals surface area contributed by atoms with Crippen LogP contribution < -0.4 is 10.6 Å². The summed E-state index contributed by atoms with van der Waals surface area (Å²) in [4.78, 5) is 22.8. The van der Waals surface area contributed by atoms with Gasteiger partial charge in [-0.05, 0) is 47.5 Å². The lowest BCUT2D eigenvalue weighted by Crippen LogP contribution is -2.53. The molecule has 3 N–H and O–H groups in total. The Balaban J connectivity index is 2.75. The largest absolute Gasteiger partial charge is 0.480 e. The van der Waals surface area contributed by atoms with E-state index in [2.05, 4.69) is 26.6 Å². The molecule has 1 atom stereocenters. The molecule has 1 unspecified atom stereocenters. The summed E-state index contributed by atoms with van der Waals surface area (Å²) >= 11 is 9.13. The third-order valence-electron chi connectivity index (χ3n) is 2.75. The maximum Gasteiger partial charge on any atom is 0.329 e. The molecule has 1 rings (SSSR count). The number of anilines is 1. The molecule has 0 aliphatic rings. The average Bonchev–Trinajstić information content (AvgIpc) is 2.33. The predicted molar refractivity (Wildman–Crippen MR) is 77.6 cm³/mol. The van der Waals surface area contributed by atoms with Gasteiger partial charge < -0.3 is 15.7 Å². The summed E-state index contributed by atoms with van der Waals surface area (Å²) in [6.45, 7) is 3.13. The Kier molecular flexibility index (Phi) is 5.20. The van der Waals surface area contributed by atoms with E-state index < -0.39 is 17.5 Å². The van der Waals surface area contributed by atoms with E-state index in [-0.39, 0.29) is 6.42 Å². The molecule has 0 saturated heterocycles. The quantitative estimate of drug-likeness (QED) is 0.778. The number of urea groups is 1. The lowest BCUT2D eigenvalue weighted by atomic mass is 10.00. The summed E-state index contributed by atoms with van der Waals surface area (Å²) < 4.78 is 0.712. The fraction of sp³-hybridized carbons (Fsp3) is 0.333. The Morgan fingerprint density at radius 3 is 2.58 bits per heavy atom. The lowest BCUT2D eigenvalue weighted by Gasteiger charge is -2.24. The highest BCUT2D eigenvalue weighted by atomic mass is 79.9. The van der Waals surface area contributed by atoms with Crippen LogP contribution in [0.3, 0.4) is 0 Å². The van der Waals surface area contributed by atoms with Gasteiger partial charge in [0.1, 0.15) is 5.54 Å². The van der Waals surface area contributed by atoms with Gasteiger partial charge in [-0.3, -0.25) is 0 Å². The number of carbonyl (C=O) groups is 2. The SMILES string of the molecule is CCC(C)(NC(=O)Nc1ccc(Br)c(Cl)c1)C(=O)O. The minimum absolute atomic E-state index is 0.275. The van der Waals surface area contributed by atoms with Crippen molar-refractivity contribution in [2.45, 2.75) is 25.8 Å². The van der Waals surface area contributed by atoms with E-state index in [9.17, 15) is 9.59 Å². The van der Waals surface area contributed by atoms with Crippen molar-refractivity contribution >= 4 is 45.2 Å². The first-order valence-electron chi connectivity index (χ1n) is 5.56. The fourth-order valence-corrected chi connectivity index (χ4v) is 1.71. The van der Waals surface area contributed by atoms with Crippen LogP contribution in [0, 0.1) is 0 Å². The molecule has 0 aliphatic carbocycles. The van der Waals surface area contributed by atoms with Gasteiger partial charge in [0.05, 0.1) is 5.02 Å². The third kappa shape index (κ3) is 4.11. The fourth-order valence-electron chi connectivity index (χ4n) is 1.28. The van der Waals surface area contributed by atoms with Crippen molar-refractivity contribution in [2.75, 3.05) is 5.32 Å². The smallest absolute Gasteiger partial charge is 0.329 e. The zero-order valence-electron chi connectivity index (χ0n) is 10.5. The molecule has 0 radical (unpaired) electrons. The number of halogens is 2. The molecular formula is C12H14BrClN2O3. The molecule has 0 spiro atoms. The van der Waals surface area contributed by atoms with Gasteiger partial charge in [-0.15, -0.1) is 0 Å². The van der Waals surface area contributed by atoms with Crippen LogP contribution in [0.1, 0.15) is 20.3 Å². The summed E-state index contributed by atoms with van der Waals surface area (Å²) in [7, 11) is 0. The van der Waals surface area contributed by atoms with Gasteiger partial charge in [0.25, 0.3) is 0 Å². The van der Waals surface area contributed by atoms with Gasteiger partial charge in [-0.25, -0.2) is 9.59 Å². The second-order valence-electron chi connectivity index (χ2n) is 4.20. The molecular weight excluding hydrogens is 336 g/mol. The molecule has 0 bridgehead atoms. The molecule has 5 nitrogen and oxygen atoms in total. The number of carbonyl (C=O) groups excluding carboxylic acids is 1. The molecule has 0 heterocycles. The zero-order chi connectivity index (χ0) is 14.6. The average molecular weight is 350 g/mol. The minimum Gasteiger partial charge on any atom is -0.480 e. The third-order valence-corrected chi connectivity index (χ3v) is 3.98. The number of benzene rings is 1. The van der Waals surface area contributed by atoms with Gasteiger partial charge in [0, 0.05) is 10.2 Å². The maximum absolute atomic E-state index is 11.7. The van der Waals surface area contributed by atoms with Crippen LogP contribution in [-0.2, 0) is 4.79 Å². The summed E-state index contributed by atoms with van der Waals surface area (Å²) in [6.07, 6.45) is 0.275. The first-order chi connectivity index (χ1) is 8.78. The lowest BCUT2D eigenvalue weighted by molar-refractivity contribution is -0.143. The number of aliphatic carboxylic acids is 1. The standard InChI is InChI=1S/C12H14BrClN2O3/c1-3-12(2,10(17)18)16-11(19)15-7-4-5-8(13)9(14)6-7/h4-6H,3H2,1-2H3,(H,17,18)(H2,15,16,19). The van der Waals surface area contributed by atoms with Crippen molar-refractivity contribution in [3.63, 3.8) is 0 Å². The predicted octanol–water partition coefficient (Wildman–Crippen LogP) is 3.48. The van der Waals surface area contributed by atoms with Crippen LogP contribution in [0.25, 0.3) is 0 Å². The number of carboxylic acids is 1. The molecule has 0 aliphatic heterocycles. The van der Waals surface area contributed by atoms with Crippen molar-refractivity contribution in [3.05, 3.63) is 27.7 Å². The van der Waals surface area contributed by atoms with Gasteiger partial charge >= 0.3 is 12.0 Å². The van der Waals surface area contributed by atoms with Crippen LogP contribution in [0.15, 0.2) is 22.7 Å². The summed E-state index contributed by atoms with van der Waals surface area (Å²) in [6, 6.07) is 4.31. The number of rotatable bonds is 4. The Morgan fingerprint density at radius 1 is 1.47 bits per heavy atom. The summed E-state index contributed by atoms with van der Waals surface area (Å²) in [5, 5.41) is 14.5. The van der Waals surface area contributed by atoms with E-state index in [1.54, 1.807) is 25.1 Å². The van der Waals surface area contributed by atoms with Gasteiger partial charge in [-0.1, -0.05) is 18.5 Å². The Labute approximate surface area is 124 Å². The van der Waals surface area contributed by atoms with Gasteiger partial charge in [0.15, 0.2) is 0 Å². The van der Waals surface area contributed by atoms with Crippen molar-refractivity contribution in [2.24, 2.45) is 0 Å². The zero-order valence-corrected chi connectivity index (χ0v) is 12.8. The molecule has 19 heavy (non-hydrogen) atoms. The minimum atomic E-state index is -1.30. The second kappa shape index (κ2) is 6.25. The molecule has 1 aromatic rings. The Hall–Kier alpha value is -1.27. The monoisotopic (exact) mass is 348 g/mol. The summed E-state index contributed by atoms with van der Waals surface area (Å²) in [5.41, 5.74) is -0.821. The van der Waals surface area contributed by atoms with E-state index in [4.69, 9.17) is 16.7 Å². The first-order valence-corrected chi connectivity index (χ1v) is 6.73. The molecule has 0 aromatic heterocycles. The topological polar surface area (TPSA) is 78.4 Å². The van der Waals surface area contributed by atoms with Crippen molar-refractivity contribution in [1.82, 2.24) is 5.32 Å². The second-order valence-corrected chi connectivity index (χ2v) is 5.46. The van der Waals surface area contributed by atoms with Crippen LogP contribution in [0.4, 0.5) is 10.5 Å². The van der Waals surface area contributed by atoms with Crippen LogP contribution >= 0.6 is 27.5 Å². The van der Waals surface area contributed by atoms with Gasteiger partial charge in [-0.2, -0.15) is 0 Å². The van der Waals surface area contributed by atoms with Crippen molar-refractivity contribution in [1.29, 1.82) is 0 Å². The highest BCUT2D eigenvalue weighted by Crippen LogP contribution is 2.25. The maximum atomic E-state index is 11.7. The number of nitrogens with one attached hydrogen (secondary N) is 2. The van der Waals surface area contributed by atoms with Gasteiger partial charge in [0.2, 0.25) is 0 Å². The van der Waals surface area contributed by atoms with Crippen LogP contribution in [0.2, 0.25) is 5.02 Å². The highest BCUT2D eigenvalue weighted by Gasteiger charge is 2.32. The summed E-state index contributed by atoms with van der Waals surface area (Å²) in [5.74, 6) is -1.08. The molecule has 0 fully saturated rings. The van der Waals surface area contributed by atoms with Crippen molar-refractivity contribution in [3.8, 4) is 0 Å². The van der Waals surface area contributed by atoms with E-state index in [0.717, 1.165) is 0 Å². The normalized spacial score (nSPS) is 13.5. The highest BCUT2D eigenvalue weighted by molar-refractivity contribution is 9.10. The number of carboxylic acid groups (broad SMARTS) is 1. The van der Waals surface area contributed by atoms with Crippen molar-refractivity contribution < 1.29 is 14.7 Å². The van der Waals surface area contributed by atoms with Crippen LogP contribution in [0.5, 0.6) is 0 Å². The van der Waals surface area contributed by atoms with E-state index in [1.165, 1.54) is 6.92 Å². The molecule has 104 valence electrons. The van der Waals surface area contributed by atoms with E-state index in [0.29, 0.717) is 15.2 Å². The Bertz CT molecular complexity index is 510. The number of amides is 2. The van der Waals surface area contributed by atoms with Crippen LogP contribution in [-0.4, -0.2) is 22.6 Å². The van der Waals surface area contributed by atoms with E-state index >= 15 is 0 Å². The molecule has 7 heteroatoms. The van der Waals surface area contributed by atoms with E-state index in [1.807, 2.05) is 0 Å². The number of hydrogen-bond acceptors (Lipinski definition) is 2. The molecule has 1 aromatic carbocycles. The number of hydrogen-bond donors (Lipinski definition) is 3. The molecule has 0 saturated carbocycles.